The number of hydrogen-bond donors (Lipinski definition) is 0. The zero-order valence-electron chi connectivity index (χ0n) is 64.8. The highest BCUT2D eigenvalue weighted by atomic mass is 19.3. The quantitative estimate of drug-likeness (QED) is 0.0859. The lowest BCUT2D eigenvalue weighted by Gasteiger charge is -2.37. The van der Waals surface area contributed by atoms with Gasteiger partial charge < -0.3 is 4.74 Å². The molecular formula is C90H130F8O. The Balaban J connectivity index is 0.000000212. The Labute approximate surface area is 596 Å². The van der Waals surface area contributed by atoms with Gasteiger partial charge >= 0.3 is 6.11 Å². The molecule has 0 unspecified atom stereocenters. The molecule has 0 amide bonds. The summed E-state index contributed by atoms with van der Waals surface area (Å²) in [5, 5.41) is 0. The van der Waals surface area contributed by atoms with Crippen molar-refractivity contribution >= 4 is 5.57 Å². The first-order valence-corrected chi connectivity index (χ1v) is 39.1. The minimum absolute atomic E-state index is 0.0438. The van der Waals surface area contributed by atoms with Crippen LogP contribution in [0.15, 0.2) is 65.8 Å². The van der Waals surface area contributed by atoms with E-state index in [0.717, 1.165) is 161 Å². The Hall–Kier alpha value is -4.66. The van der Waals surface area contributed by atoms with E-state index in [1.54, 1.807) is 30.6 Å². The van der Waals surface area contributed by atoms with Crippen molar-refractivity contribution in [3.63, 3.8) is 0 Å². The number of alkyl halides is 2. The van der Waals surface area contributed by atoms with Gasteiger partial charge in [0.1, 0.15) is 5.75 Å². The first-order valence-electron chi connectivity index (χ1n) is 39.1. The molecule has 0 saturated heterocycles. The van der Waals surface area contributed by atoms with E-state index in [-0.39, 0.29) is 11.3 Å². The average molecular weight is 1380 g/mol. The fraction of sp³-hybridized carbons (Fsp3) is 0.667. The number of rotatable bonds is 19. The molecule has 6 saturated carbocycles. The van der Waals surface area contributed by atoms with E-state index in [4.69, 9.17) is 4.74 Å². The number of benzene rings is 3. The fourth-order valence-electron chi connectivity index (χ4n) is 19.1. The number of halogens is 8. The third-order valence-electron chi connectivity index (χ3n) is 27.0. The molecule has 0 atom stereocenters. The van der Waals surface area contributed by atoms with Crippen molar-refractivity contribution in [1.82, 2.24) is 0 Å². The molecule has 1 nitrogen and oxygen atoms in total. The molecule has 6 aliphatic rings. The molecule has 9 heteroatoms. The van der Waals surface area contributed by atoms with Crippen LogP contribution in [0.25, 0.3) is 5.57 Å². The van der Waals surface area contributed by atoms with Gasteiger partial charge in [0.2, 0.25) is 0 Å². The zero-order chi connectivity index (χ0) is 72.7. The van der Waals surface area contributed by atoms with E-state index in [9.17, 15) is 26.3 Å². The summed E-state index contributed by atoms with van der Waals surface area (Å²) in [6, 6.07) is 0. The van der Waals surface area contributed by atoms with Crippen LogP contribution in [0.1, 0.15) is 302 Å². The van der Waals surface area contributed by atoms with Crippen molar-refractivity contribution in [2.24, 2.45) is 71.0 Å². The first kappa shape index (κ1) is 81.6. The third kappa shape index (κ3) is 22.4. The fourth-order valence-corrected chi connectivity index (χ4v) is 19.1. The second kappa shape index (κ2) is 37.7. The van der Waals surface area contributed by atoms with Crippen LogP contribution in [0.2, 0.25) is 0 Å². The zero-order valence-corrected chi connectivity index (χ0v) is 64.8. The standard InChI is InChI=1S/C34H44F4O.C31H46F2.C25H40F2/c1-18(17-29-13-11-28(12-14-29)15-16-30(35)36)31-22(5)26(9)33(27(10)23(31)6)39-34(37,38)32-24(7)20(3)19(2)21(4)25(32)8;1-20(19-28-9-7-26(8-10-28)14-18-31(32)33)29-15-11-27(12-16-29)13-17-30-24(5)22(3)21(2)23(4)25(30)6;1-18-3-10-22(11-4-18)19(2)17-21-7-14-24(15-8-21)23-12-5-20(6-13-23)9-16-25(26)27/h16-17,28-29H,11-15H2,1-10H3;18-19,26-29H,7-17H2,1-6H3;16-18,20-24H,3-15H2,1-2H3/b18-17+;20-19+;. The summed E-state index contributed by atoms with van der Waals surface area (Å²) in [7, 11) is 0. The van der Waals surface area contributed by atoms with Gasteiger partial charge in [-0.15, -0.1) is 0 Å². The second-order valence-corrected chi connectivity index (χ2v) is 33.0. The molecular weight excluding hydrogens is 1250 g/mol. The van der Waals surface area contributed by atoms with Gasteiger partial charge in [0.15, 0.2) is 0 Å². The number of allylic oxidation sites excluding steroid dienone is 9. The van der Waals surface area contributed by atoms with Crippen molar-refractivity contribution < 1.29 is 39.9 Å². The molecule has 9 rings (SSSR count). The van der Waals surface area contributed by atoms with E-state index in [1.165, 1.54) is 143 Å². The smallest absolute Gasteiger partial charge is 0.427 e. The molecule has 0 heterocycles. The van der Waals surface area contributed by atoms with Crippen molar-refractivity contribution in [1.29, 1.82) is 0 Å². The molecule has 3 aromatic rings. The summed E-state index contributed by atoms with van der Waals surface area (Å²) in [5.74, 6) is 8.58. The molecule has 6 aliphatic carbocycles. The van der Waals surface area contributed by atoms with Crippen molar-refractivity contribution in [3.05, 3.63) is 160 Å². The van der Waals surface area contributed by atoms with Gasteiger partial charge in [-0.05, 0) is 475 Å². The van der Waals surface area contributed by atoms with E-state index in [2.05, 4.69) is 80.5 Å². The first-order chi connectivity index (χ1) is 46.8. The molecule has 0 radical (unpaired) electrons. The number of hydrogen-bond acceptors (Lipinski definition) is 1. The lowest BCUT2D eigenvalue weighted by molar-refractivity contribution is -0.186. The highest BCUT2D eigenvalue weighted by molar-refractivity contribution is 5.74. The molecule has 0 aliphatic heterocycles. The summed E-state index contributed by atoms with van der Waals surface area (Å²) in [5.41, 5.74) is 21.8. The topological polar surface area (TPSA) is 9.23 Å². The van der Waals surface area contributed by atoms with Gasteiger partial charge in [-0.1, -0.05) is 49.1 Å². The van der Waals surface area contributed by atoms with Crippen LogP contribution in [0.3, 0.4) is 0 Å². The summed E-state index contributed by atoms with van der Waals surface area (Å²) in [4.78, 5) is 0. The molecule has 0 N–H and O–H groups in total. The maximum atomic E-state index is 15.9. The van der Waals surface area contributed by atoms with Gasteiger partial charge in [0, 0.05) is 0 Å². The predicted molar refractivity (Wildman–Crippen MR) is 403 cm³/mol. The molecule has 0 spiro atoms. The molecule has 6 fully saturated rings. The Bertz CT molecular complexity index is 3240. The van der Waals surface area contributed by atoms with Crippen LogP contribution < -0.4 is 4.74 Å². The van der Waals surface area contributed by atoms with Gasteiger partial charge in [0.25, 0.3) is 18.2 Å². The van der Waals surface area contributed by atoms with Crippen molar-refractivity contribution in [2.45, 2.75) is 317 Å². The van der Waals surface area contributed by atoms with Crippen LogP contribution in [-0.2, 0) is 12.5 Å². The van der Waals surface area contributed by atoms with Crippen LogP contribution in [0, 0.1) is 168 Å². The summed E-state index contributed by atoms with van der Waals surface area (Å²) in [6.07, 6.45) is 36.7. The highest BCUT2D eigenvalue weighted by Crippen LogP contribution is 2.47. The average Bonchev–Trinajstić information content (AvgIpc) is 0.755. The maximum absolute atomic E-state index is 15.9. The normalized spacial score (nSPS) is 26.5. The van der Waals surface area contributed by atoms with Crippen LogP contribution >= 0.6 is 0 Å². The lowest BCUT2D eigenvalue weighted by Crippen LogP contribution is -2.27. The van der Waals surface area contributed by atoms with Crippen molar-refractivity contribution in [3.8, 4) is 5.75 Å². The largest absolute Gasteiger partial charge is 0.428 e. The molecule has 99 heavy (non-hydrogen) atoms. The van der Waals surface area contributed by atoms with E-state index in [1.807, 2.05) is 48.5 Å². The minimum atomic E-state index is -3.48. The third-order valence-corrected chi connectivity index (χ3v) is 27.0. The Morgan fingerprint density at radius 1 is 0.364 bits per heavy atom. The van der Waals surface area contributed by atoms with Crippen LogP contribution in [0.5, 0.6) is 5.75 Å². The van der Waals surface area contributed by atoms with Gasteiger partial charge in [-0.2, -0.15) is 35.1 Å². The molecule has 552 valence electrons. The van der Waals surface area contributed by atoms with Crippen LogP contribution in [0.4, 0.5) is 35.1 Å². The Morgan fingerprint density at radius 3 is 1.06 bits per heavy atom. The molecule has 0 bridgehead atoms. The minimum Gasteiger partial charge on any atom is -0.428 e. The van der Waals surface area contributed by atoms with E-state index < -0.39 is 24.4 Å². The van der Waals surface area contributed by atoms with E-state index >= 15 is 8.78 Å². The van der Waals surface area contributed by atoms with Crippen LogP contribution in [-0.4, -0.2) is 0 Å². The van der Waals surface area contributed by atoms with Gasteiger partial charge in [-0.3, -0.25) is 0 Å². The summed E-state index contributed by atoms with van der Waals surface area (Å²) >= 11 is 0. The number of ether oxygens (including phenoxy) is 1. The van der Waals surface area contributed by atoms with E-state index in [0.29, 0.717) is 60.0 Å². The van der Waals surface area contributed by atoms with Crippen molar-refractivity contribution in [2.75, 3.05) is 0 Å². The second-order valence-electron chi connectivity index (χ2n) is 33.0. The summed E-state index contributed by atoms with van der Waals surface area (Å²) in [6.45, 7) is 37.6. The molecule has 0 aromatic heterocycles. The summed E-state index contributed by atoms with van der Waals surface area (Å²) < 4.78 is 112. The molecule has 3 aromatic carbocycles. The lowest BCUT2D eigenvalue weighted by atomic mass is 9.68. The van der Waals surface area contributed by atoms with Gasteiger partial charge in [-0.25, -0.2) is 0 Å². The van der Waals surface area contributed by atoms with Gasteiger partial charge in [0.05, 0.1) is 5.56 Å². The monoisotopic (exact) mass is 1380 g/mol. The highest BCUT2D eigenvalue weighted by Gasteiger charge is 2.41. The Morgan fingerprint density at radius 2 is 0.677 bits per heavy atom. The Kier molecular flexibility index (Phi) is 31.1. The SMILES string of the molecule is C/C(=C\C1CCC(CC=C(F)F)CC1)C1CCC(CCc2c(C)c(C)c(C)c(C)c2C)CC1.C/C(=C\C1CCC(CC=C(F)F)CC1)c1c(C)c(C)c(OC(F)(F)c2c(C)c(C)c(C)c(C)c2C)c(C)c1C.CC(=CC1CCC(C2CCC(CC=C(F)F)CC2)CC1)C1CCC(C)CC1. The predicted octanol–water partition coefficient (Wildman–Crippen LogP) is 29.4. The maximum Gasteiger partial charge on any atom is 0.427 e.